The van der Waals surface area contributed by atoms with Crippen LogP contribution in [0.3, 0.4) is 0 Å². The number of rotatable bonds is 4. The molecule has 0 fully saturated rings. The van der Waals surface area contributed by atoms with E-state index in [1.54, 1.807) is 11.3 Å². The van der Waals surface area contributed by atoms with Crippen molar-refractivity contribution in [3.05, 3.63) is 76.9 Å². The third-order valence-corrected chi connectivity index (χ3v) is 5.26. The summed E-state index contributed by atoms with van der Waals surface area (Å²) in [5.41, 5.74) is 3.30. The largest absolute Gasteiger partial charge is 0.494 e. The Kier molecular flexibility index (Phi) is 4.59. The highest BCUT2D eigenvalue weighted by Crippen LogP contribution is 2.25. The SMILES string of the molecule is CCOc1ccc(N=c2scc(-c3ccc4ccccc4c3)n2C)cc1. The van der Waals surface area contributed by atoms with Crippen LogP contribution in [0, 0.1) is 0 Å². The third-order valence-electron chi connectivity index (χ3n) is 4.34. The van der Waals surface area contributed by atoms with Gasteiger partial charge in [0.25, 0.3) is 0 Å². The molecule has 4 aromatic rings. The van der Waals surface area contributed by atoms with Crippen LogP contribution in [0.25, 0.3) is 22.0 Å². The minimum atomic E-state index is 0.672. The van der Waals surface area contributed by atoms with Gasteiger partial charge >= 0.3 is 0 Å². The van der Waals surface area contributed by atoms with Crippen molar-refractivity contribution in [2.45, 2.75) is 6.92 Å². The molecule has 0 atom stereocenters. The van der Waals surface area contributed by atoms with Crippen LogP contribution in [0.4, 0.5) is 5.69 Å². The zero-order valence-electron chi connectivity index (χ0n) is 14.8. The van der Waals surface area contributed by atoms with Gasteiger partial charge in [-0.15, -0.1) is 11.3 Å². The van der Waals surface area contributed by atoms with Crippen LogP contribution in [0.5, 0.6) is 5.75 Å². The summed E-state index contributed by atoms with van der Waals surface area (Å²) in [7, 11) is 2.06. The smallest absolute Gasteiger partial charge is 0.190 e. The van der Waals surface area contributed by atoms with E-state index in [0.29, 0.717) is 6.61 Å². The van der Waals surface area contributed by atoms with Gasteiger partial charge in [0.2, 0.25) is 0 Å². The first-order valence-corrected chi connectivity index (χ1v) is 9.54. The molecule has 4 rings (SSSR count). The Labute approximate surface area is 156 Å². The van der Waals surface area contributed by atoms with E-state index in [4.69, 9.17) is 9.73 Å². The van der Waals surface area contributed by atoms with Crippen molar-refractivity contribution in [2.24, 2.45) is 12.0 Å². The number of thiazole rings is 1. The van der Waals surface area contributed by atoms with Crippen molar-refractivity contribution in [1.29, 1.82) is 0 Å². The van der Waals surface area contributed by atoms with Crippen LogP contribution in [0.2, 0.25) is 0 Å². The van der Waals surface area contributed by atoms with E-state index in [-0.39, 0.29) is 0 Å². The van der Waals surface area contributed by atoms with Gasteiger partial charge in [0.15, 0.2) is 4.80 Å². The molecule has 0 aliphatic carbocycles. The van der Waals surface area contributed by atoms with Gasteiger partial charge in [-0.05, 0) is 53.6 Å². The fraction of sp³-hybridized carbons (Fsp3) is 0.136. The lowest BCUT2D eigenvalue weighted by Gasteiger charge is -2.05. The predicted octanol–water partition coefficient (Wildman–Crippen LogP) is 5.54. The van der Waals surface area contributed by atoms with Crippen LogP contribution >= 0.6 is 11.3 Å². The number of fused-ring (bicyclic) bond motifs is 1. The van der Waals surface area contributed by atoms with Crippen LogP contribution in [-0.2, 0) is 7.05 Å². The van der Waals surface area contributed by atoms with Crippen LogP contribution in [-0.4, -0.2) is 11.2 Å². The maximum Gasteiger partial charge on any atom is 0.190 e. The molecular weight excluding hydrogens is 340 g/mol. The molecule has 0 aliphatic rings. The average molecular weight is 360 g/mol. The molecule has 3 nitrogen and oxygen atoms in total. The molecule has 130 valence electrons. The van der Waals surface area contributed by atoms with Crippen molar-refractivity contribution in [1.82, 2.24) is 4.57 Å². The molecule has 0 saturated heterocycles. The van der Waals surface area contributed by atoms with Crippen molar-refractivity contribution >= 4 is 27.8 Å². The number of nitrogens with zero attached hydrogens (tertiary/aromatic N) is 2. The summed E-state index contributed by atoms with van der Waals surface area (Å²) < 4.78 is 7.63. The van der Waals surface area contributed by atoms with E-state index >= 15 is 0 Å². The third kappa shape index (κ3) is 3.28. The van der Waals surface area contributed by atoms with E-state index in [0.717, 1.165) is 16.2 Å². The molecule has 26 heavy (non-hydrogen) atoms. The molecule has 4 heteroatoms. The average Bonchev–Trinajstić information content (AvgIpc) is 3.03. The van der Waals surface area contributed by atoms with Gasteiger partial charge in [-0.1, -0.05) is 36.4 Å². The summed E-state index contributed by atoms with van der Waals surface area (Å²) >= 11 is 1.65. The maximum absolute atomic E-state index is 5.49. The van der Waals surface area contributed by atoms with Gasteiger partial charge in [-0.3, -0.25) is 0 Å². The first kappa shape index (κ1) is 16.6. The first-order chi connectivity index (χ1) is 12.7. The molecule has 0 unspecified atom stereocenters. The molecular formula is C22H20N2OS. The van der Waals surface area contributed by atoms with Crippen LogP contribution in [0.15, 0.2) is 77.1 Å². The van der Waals surface area contributed by atoms with E-state index in [9.17, 15) is 0 Å². The zero-order chi connectivity index (χ0) is 17.9. The summed E-state index contributed by atoms with van der Waals surface area (Å²) in [6.07, 6.45) is 0. The van der Waals surface area contributed by atoms with Crippen molar-refractivity contribution in [3.63, 3.8) is 0 Å². The lowest BCUT2D eigenvalue weighted by atomic mass is 10.1. The molecule has 0 radical (unpaired) electrons. The molecule has 0 spiro atoms. The second kappa shape index (κ2) is 7.18. The number of benzene rings is 3. The Morgan fingerprint density at radius 2 is 1.73 bits per heavy atom. The monoisotopic (exact) mass is 360 g/mol. The second-order valence-electron chi connectivity index (χ2n) is 6.06. The minimum absolute atomic E-state index is 0.672. The van der Waals surface area contributed by atoms with E-state index in [2.05, 4.69) is 59.5 Å². The van der Waals surface area contributed by atoms with Gasteiger partial charge in [-0.2, -0.15) is 0 Å². The summed E-state index contributed by atoms with van der Waals surface area (Å²) in [4.78, 5) is 5.75. The fourth-order valence-electron chi connectivity index (χ4n) is 2.98. The Balaban J connectivity index is 1.70. The lowest BCUT2D eigenvalue weighted by molar-refractivity contribution is 0.340. The second-order valence-corrected chi connectivity index (χ2v) is 6.90. The van der Waals surface area contributed by atoms with E-state index in [1.165, 1.54) is 22.0 Å². The number of ether oxygens (including phenoxy) is 1. The number of hydrogen-bond donors (Lipinski definition) is 0. The molecule has 0 amide bonds. The maximum atomic E-state index is 5.49. The Morgan fingerprint density at radius 3 is 2.50 bits per heavy atom. The summed E-state index contributed by atoms with van der Waals surface area (Å²) in [5, 5.41) is 4.67. The number of aromatic nitrogens is 1. The van der Waals surface area contributed by atoms with E-state index < -0.39 is 0 Å². The van der Waals surface area contributed by atoms with Crippen LogP contribution in [0.1, 0.15) is 6.92 Å². The highest BCUT2D eigenvalue weighted by Gasteiger charge is 2.06. The molecule has 0 bridgehead atoms. The fourth-order valence-corrected chi connectivity index (χ4v) is 3.90. The highest BCUT2D eigenvalue weighted by atomic mass is 32.1. The standard InChI is InChI=1S/C22H20N2OS/c1-3-25-20-12-10-19(11-13-20)23-22-24(2)21(15-26-22)18-9-8-16-6-4-5-7-17(16)14-18/h4-15H,3H2,1-2H3. The van der Waals surface area contributed by atoms with Crippen molar-refractivity contribution < 1.29 is 4.74 Å². The molecule has 0 N–H and O–H groups in total. The van der Waals surface area contributed by atoms with E-state index in [1.807, 2.05) is 31.2 Å². The molecule has 0 saturated carbocycles. The van der Waals surface area contributed by atoms with Gasteiger partial charge in [-0.25, -0.2) is 4.99 Å². The Hall–Kier alpha value is -2.85. The molecule has 1 heterocycles. The Morgan fingerprint density at radius 1 is 0.962 bits per heavy atom. The normalized spacial score (nSPS) is 11.8. The zero-order valence-corrected chi connectivity index (χ0v) is 15.7. The number of hydrogen-bond acceptors (Lipinski definition) is 3. The summed E-state index contributed by atoms with van der Waals surface area (Å²) in [5.74, 6) is 0.874. The minimum Gasteiger partial charge on any atom is -0.494 e. The quantitative estimate of drug-likeness (QED) is 0.469. The first-order valence-electron chi connectivity index (χ1n) is 8.66. The van der Waals surface area contributed by atoms with Crippen molar-refractivity contribution in [3.8, 4) is 17.0 Å². The van der Waals surface area contributed by atoms with Gasteiger partial charge in [0, 0.05) is 12.4 Å². The van der Waals surface area contributed by atoms with Crippen molar-refractivity contribution in [2.75, 3.05) is 6.61 Å². The lowest BCUT2D eigenvalue weighted by Crippen LogP contribution is -2.10. The van der Waals surface area contributed by atoms with Crippen LogP contribution < -0.4 is 9.54 Å². The summed E-state index contributed by atoms with van der Waals surface area (Å²) in [6, 6.07) is 22.9. The molecule has 1 aromatic heterocycles. The van der Waals surface area contributed by atoms with Gasteiger partial charge < -0.3 is 9.30 Å². The highest BCUT2D eigenvalue weighted by molar-refractivity contribution is 7.07. The Bertz CT molecular complexity index is 1110. The molecule has 3 aromatic carbocycles. The summed E-state index contributed by atoms with van der Waals surface area (Å²) in [6.45, 7) is 2.66. The predicted molar refractivity (Wildman–Crippen MR) is 109 cm³/mol. The topological polar surface area (TPSA) is 26.5 Å². The van der Waals surface area contributed by atoms with Gasteiger partial charge in [0.1, 0.15) is 5.75 Å². The molecule has 0 aliphatic heterocycles. The van der Waals surface area contributed by atoms with Gasteiger partial charge in [0.05, 0.1) is 18.0 Å².